The number of aromatic nitrogens is 4. The third-order valence-electron chi connectivity index (χ3n) is 5.85. The third kappa shape index (κ3) is 3.65. The molecule has 0 radical (unpaired) electrons. The fraction of sp³-hybridized carbons (Fsp3) is 0.318. The lowest BCUT2D eigenvalue weighted by atomic mass is 9.95. The van der Waals surface area contributed by atoms with E-state index in [-0.39, 0.29) is 11.4 Å². The number of hydrogen-bond acceptors (Lipinski definition) is 6. The highest BCUT2D eigenvalue weighted by Crippen LogP contribution is 2.30. The van der Waals surface area contributed by atoms with Gasteiger partial charge in [0, 0.05) is 31.0 Å². The summed E-state index contributed by atoms with van der Waals surface area (Å²) in [6, 6.07) is 10.1. The lowest BCUT2D eigenvalue weighted by Gasteiger charge is -2.14. The standard InChI is InChI=1S/C22H23N5O4S/c1-26-19-14-15(9-10-20(19)31-22(26)28)32(29,30)24-12-13-27-18-8-3-2-6-16(18)21(25-27)17-7-4-5-11-23-17/h4-5,7,9-11,14,24H,2-3,6,8,12-13H2,1H3. The number of hydrogen-bond donors (Lipinski definition) is 1. The van der Waals surface area contributed by atoms with Gasteiger partial charge in [0.1, 0.15) is 5.69 Å². The van der Waals surface area contributed by atoms with Crippen LogP contribution in [0.5, 0.6) is 0 Å². The summed E-state index contributed by atoms with van der Waals surface area (Å²) in [5.74, 6) is -0.533. The van der Waals surface area contributed by atoms with Crippen molar-refractivity contribution in [3.8, 4) is 11.4 Å². The fourth-order valence-corrected chi connectivity index (χ4v) is 5.25. The van der Waals surface area contributed by atoms with Gasteiger partial charge in [-0.3, -0.25) is 14.2 Å². The average Bonchev–Trinajstić information content (AvgIpc) is 3.31. The molecule has 0 amide bonds. The molecule has 3 aromatic heterocycles. The molecule has 0 unspecified atom stereocenters. The first-order valence-corrected chi connectivity index (χ1v) is 12.0. The number of rotatable bonds is 6. The van der Waals surface area contributed by atoms with Crippen molar-refractivity contribution < 1.29 is 12.8 Å². The summed E-state index contributed by atoms with van der Waals surface area (Å²) in [5.41, 5.74) is 4.87. The van der Waals surface area contributed by atoms with Gasteiger partial charge in [0.15, 0.2) is 5.58 Å². The maximum Gasteiger partial charge on any atom is 0.419 e. The average molecular weight is 454 g/mol. The maximum atomic E-state index is 12.8. The second kappa shape index (κ2) is 8.03. The van der Waals surface area contributed by atoms with Crippen LogP contribution in [0.15, 0.2) is 56.7 Å². The van der Waals surface area contributed by atoms with Gasteiger partial charge < -0.3 is 4.42 Å². The molecule has 0 saturated heterocycles. The van der Waals surface area contributed by atoms with Crippen LogP contribution in [0.1, 0.15) is 24.1 Å². The Hall–Kier alpha value is -3.24. The van der Waals surface area contributed by atoms with Crippen LogP contribution in [0.25, 0.3) is 22.5 Å². The predicted octanol–water partition coefficient (Wildman–Crippen LogP) is 2.25. The van der Waals surface area contributed by atoms with Crippen LogP contribution in [0, 0.1) is 0 Å². The molecule has 10 heteroatoms. The summed E-state index contributed by atoms with van der Waals surface area (Å²) >= 11 is 0. The molecule has 1 aromatic carbocycles. The van der Waals surface area contributed by atoms with E-state index in [2.05, 4.69) is 9.71 Å². The summed E-state index contributed by atoms with van der Waals surface area (Å²) in [6.07, 6.45) is 5.84. The van der Waals surface area contributed by atoms with Gasteiger partial charge in [-0.05, 0) is 56.0 Å². The van der Waals surface area contributed by atoms with Gasteiger partial charge >= 0.3 is 5.76 Å². The van der Waals surface area contributed by atoms with Gasteiger partial charge in [-0.15, -0.1) is 0 Å². The topological polar surface area (TPSA) is 112 Å². The zero-order chi connectivity index (χ0) is 22.3. The summed E-state index contributed by atoms with van der Waals surface area (Å²) < 4.78 is 36.6. The quantitative estimate of drug-likeness (QED) is 0.479. The fourth-order valence-electron chi connectivity index (χ4n) is 4.21. The Morgan fingerprint density at radius 1 is 1.16 bits per heavy atom. The van der Waals surface area contributed by atoms with Gasteiger partial charge in [-0.1, -0.05) is 6.07 Å². The number of aryl methyl sites for hydroxylation is 1. The van der Waals surface area contributed by atoms with Crippen LogP contribution >= 0.6 is 0 Å². The zero-order valence-corrected chi connectivity index (χ0v) is 18.4. The predicted molar refractivity (Wildman–Crippen MR) is 119 cm³/mol. The highest BCUT2D eigenvalue weighted by molar-refractivity contribution is 7.89. The molecular weight excluding hydrogens is 430 g/mol. The number of fused-ring (bicyclic) bond motifs is 2. The van der Waals surface area contributed by atoms with Crippen molar-refractivity contribution in [2.24, 2.45) is 7.05 Å². The maximum absolute atomic E-state index is 12.8. The Labute approximate surface area is 184 Å². The zero-order valence-electron chi connectivity index (χ0n) is 17.6. The Morgan fingerprint density at radius 3 is 2.81 bits per heavy atom. The van der Waals surface area contributed by atoms with E-state index in [0.29, 0.717) is 17.6 Å². The van der Waals surface area contributed by atoms with E-state index < -0.39 is 15.8 Å². The number of oxazole rings is 1. The Morgan fingerprint density at radius 2 is 2.00 bits per heavy atom. The molecule has 3 heterocycles. The number of nitrogens with one attached hydrogen (secondary N) is 1. The molecule has 1 aliphatic rings. The van der Waals surface area contributed by atoms with Crippen molar-refractivity contribution in [1.29, 1.82) is 0 Å². The lowest BCUT2D eigenvalue weighted by Crippen LogP contribution is -2.28. The number of pyridine rings is 1. The lowest BCUT2D eigenvalue weighted by molar-refractivity contribution is 0.528. The molecule has 0 bridgehead atoms. The molecule has 166 valence electrons. The van der Waals surface area contributed by atoms with Gasteiger partial charge in [0.2, 0.25) is 10.0 Å². The van der Waals surface area contributed by atoms with Crippen LogP contribution in [-0.4, -0.2) is 34.3 Å². The van der Waals surface area contributed by atoms with E-state index in [9.17, 15) is 13.2 Å². The van der Waals surface area contributed by atoms with E-state index in [0.717, 1.165) is 42.8 Å². The smallest absolute Gasteiger partial charge is 0.408 e. The van der Waals surface area contributed by atoms with Gasteiger partial charge in [0.25, 0.3) is 0 Å². The van der Waals surface area contributed by atoms with Gasteiger partial charge in [0.05, 0.1) is 22.7 Å². The molecule has 0 spiro atoms. The minimum absolute atomic E-state index is 0.0815. The van der Waals surface area contributed by atoms with Crippen molar-refractivity contribution in [3.63, 3.8) is 0 Å². The molecule has 4 aromatic rings. The number of benzene rings is 1. The van der Waals surface area contributed by atoms with Crippen LogP contribution in [0.2, 0.25) is 0 Å². The van der Waals surface area contributed by atoms with Crippen molar-refractivity contribution in [3.05, 3.63) is 64.4 Å². The molecule has 0 saturated carbocycles. The minimum atomic E-state index is -3.76. The van der Waals surface area contributed by atoms with E-state index in [1.54, 1.807) is 6.20 Å². The molecule has 0 fully saturated rings. The molecule has 32 heavy (non-hydrogen) atoms. The Kier molecular flexibility index (Phi) is 5.18. The second-order valence-electron chi connectivity index (χ2n) is 7.87. The van der Waals surface area contributed by atoms with E-state index in [1.807, 2.05) is 22.9 Å². The monoisotopic (exact) mass is 453 g/mol. The molecule has 1 N–H and O–H groups in total. The summed E-state index contributed by atoms with van der Waals surface area (Å²) in [6.45, 7) is 0.612. The highest BCUT2D eigenvalue weighted by atomic mass is 32.2. The summed E-state index contributed by atoms with van der Waals surface area (Å²) in [5, 5.41) is 4.78. The first-order valence-electron chi connectivity index (χ1n) is 10.5. The first kappa shape index (κ1) is 20.7. The van der Waals surface area contributed by atoms with Gasteiger partial charge in [-0.25, -0.2) is 17.9 Å². The van der Waals surface area contributed by atoms with Crippen molar-refractivity contribution >= 4 is 21.1 Å². The van der Waals surface area contributed by atoms with Crippen molar-refractivity contribution in [1.82, 2.24) is 24.1 Å². The molecular formula is C22H23N5O4S. The Bertz CT molecular complexity index is 1450. The van der Waals surface area contributed by atoms with Crippen LogP contribution in [0.3, 0.4) is 0 Å². The number of nitrogens with zero attached hydrogens (tertiary/aromatic N) is 4. The second-order valence-corrected chi connectivity index (χ2v) is 9.64. The van der Waals surface area contributed by atoms with Gasteiger partial charge in [-0.2, -0.15) is 5.10 Å². The van der Waals surface area contributed by atoms with E-state index >= 15 is 0 Å². The number of sulfonamides is 1. The molecule has 1 aliphatic carbocycles. The molecule has 9 nitrogen and oxygen atoms in total. The molecule has 0 aliphatic heterocycles. The molecule has 0 atom stereocenters. The Balaban J connectivity index is 1.37. The third-order valence-corrected chi connectivity index (χ3v) is 7.31. The van der Waals surface area contributed by atoms with E-state index in [1.165, 1.54) is 35.4 Å². The minimum Gasteiger partial charge on any atom is -0.408 e. The van der Waals surface area contributed by atoms with Crippen molar-refractivity contribution in [2.45, 2.75) is 37.1 Å². The normalized spacial score (nSPS) is 14.0. The van der Waals surface area contributed by atoms with Crippen LogP contribution in [-0.2, 0) is 36.5 Å². The SMILES string of the molecule is Cn1c(=O)oc2ccc(S(=O)(=O)NCCn3nc(-c4ccccn4)c4c3CCCC4)cc21. The highest BCUT2D eigenvalue weighted by Gasteiger charge is 2.23. The van der Waals surface area contributed by atoms with E-state index in [4.69, 9.17) is 9.52 Å². The largest absolute Gasteiger partial charge is 0.419 e. The first-order chi connectivity index (χ1) is 15.4. The molecule has 5 rings (SSSR count). The summed E-state index contributed by atoms with van der Waals surface area (Å²) in [4.78, 5) is 16.2. The van der Waals surface area contributed by atoms with Crippen LogP contribution < -0.4 is 10.5 Å². The van der Waals surface area contributed by atoms with Crippen LogP contribution in [0.4, 0.5) is 0 Å². The summed E-state index contributed by atoms with van der Waals surface area (Å²) in [7, 11) is -2.22. The van der Waals surface area contributed by atoms with Crippen molar-refractivity contribution in [2.75, 3.05) is 6.54 Å².